The first-order valence-corrected chi connectivity index (χ1v) is 9.97. The molecule has 0 saturated carbocycles. The number of nitrogens with zero attached hydrogens (tertiary/aromatic N) is 4. The van der Waals surface area contributed by atoms with E-state index in [1.807, 2.05) is 50.2 Å². The van der Waals surface area contributed by atoms with Crippen molar-refractivity contribution in [2.24, 2.45) is 0 Å². The summed E-state index contributed by atoms with van der Waals surface area (Å²) in [6, 6.07) is 16.6. The number of halogens is 1. The molecule has 2 heterocycles. The number of pyridine rings is 1. The summed E-state index contributed by atoms with van der Waals surface area (Å²) in [6.45, 7) is 3.87. The number of hydrogen-bond donors (Lipinski definition) is 2. The summed E-state index contributed by atoms with van der Waals surface area (Å²) in [5, 5.41) is 14.2. The van der Waals surface area contributed by atoms with Crippen molar-refractivity contribution in [1.82, 2.24) is 14.5 Å². The molecule has 1 atom stereocenters. The molecule has 0 saturated heterocycles. The second-order valence-electron chi connectivity index (χ2n) is 7.22. The van der Waals surface area contributed by atoms with Crippen LogP contribution in [0.2, 0.25) is 5.02 Å². The van der Waals surface area contributed by atoms with E-state index in [0.29, 0.717) is 27.6 Å². The number of nitrogen functional groups attached to an aromatic ring is 1. The molecule has 154 valence electrons. The third-order valence-corrected chi connectivity index (χ3v) is 5.36. The molecule has 3 N–H and O–H groups in total. The van der Waals surface area contributed by atoms with E-state index in [1.54, 1.807) is 16.7 Å². The molecule has 0 unspecified atom stereocenters. The average molecular weight is 431 g/mol. The van der Waals surface area contributed by atoms with Crippen molar-refractivity contribution in [3.63, 3.8) is 0 Å². The molecule has 7 nitrogen and oxygen atoms in total. The molecule has 2 aromatic heterocycles. The van der Waals surface area contributed by atoms with Crippen LogP contribution >= 0.6 is 11.6 Å². The van der Waals surface area contributed by atoms with Gasteiger partial charge in [-0.05, 0) is 43.5 Å². The van der Waals surface area contributed by atoms with Gasteiger partial charge in [0.05, 0.1) is 22.6 Å². The smallest absolute Gasteiger partial charge is 0.264 e. The van der Waals surface area contributed by atoms with Crippen LogP contribution in [0.15, 0.2) is 59.5 Å². The zero-order valence-electron chi connectivity index (χ0n) is 16.9. The predicted molar refractivity (Wildman–Crippen MR) is 122 cm³/mol. The quantitative estimate of drug-likeness (QED) is 0.497. The van der Waals surface area contributed by atoms with Gasteiger partial charge in [0.25, 0.3) is 5.56 Å². The van der Waals surface area contributed by atoms with Gasteiger partial charge >= 0.3 is 0 Å². The summed E-state index contributed by atoms with van der Waals surface area (Å²) in [7, 11) is 0. The van der Waals surface area contributed by atoms with Crippen LogP contribution in [0.1, 0.15) is 29.8 Å². The van der Waals surface area contributed by atoms with E-state index < -0.39 is 6.04 Å². The van der Waals surface area contributed by atoms with Crippen molar-refractivity contribution in [3.05, 3.63) is 86.9 Å². The zero-order valence-corrected chi connectivity index (χ0v) is 17.7. The molecule has 8 heteroatoms. The van der Waals surface area contributed by atoms with Crippen molar-refractivity contribution in [1.29, 1.82) is 5.26 Å². The highest BCUT2D eigenvalue weighted by Crippen LogP contribution is 2.27. The monoisotopic (exact) mass is 430 g/mol. The summed E-state index contributed by atoms with van der Waals surface area (Å²) >= 11 is 6.37. The van der Waals surface area contributed by atoms with Crippen LogP contribution in [0.25, 0.3) is 16.5 Å². The van der Waals surface area contributed by atoms with Crippen molar-refractivity contribution in [2.45, 2.75) is 19.9 Å². The Hall–Kier alpha value is -3.89. The Balaban J connectivity index is 1.93. The van der Waals surface area contributed by atoms with Crippen molar-refractivity contribution in [2.75, 3.05) is 11.1 Å². The Kier molecular flexibility index (Phi) is 5.32. The molecule has 0 aliphatic carbocycles. The second-order valence-corrected chi connectivity index (χ2v) is 7.62. The minimum atomic E-state index is -0.390. The Morgan fingerprint density at radius 3 is 2.68 bits per heavy atom. The molecule has 2 aromatic carbocycles. The lowest BCUT2D eigenvalue weighted by molar-refractivity contribution is 0.772. The van der Waals surface area contributed by atoms with Crippen LogP contribution in [-0.2, 0) is 0 Å². The summed E-state index contributed by atoms with van der Waals surface area (Å²) in [5.41, 5.74) is 8.22. The Bertz CT molecular complexity index is 1390. The zero-order chi connectivity index (χ0) is 22.1. The van der Waals surface area contributed by atoms with E-state index in [-0.39, 0.29) is 17.1 Å². The van der Waals surface area contributed by atoms with Gasteiger partial charge in [0.2, 0.25) is 5.95 Å². The number of aryl methyl sites for hydroxylation is 1. The summed E-state index contributed by atoms with van der Waals surface area (Å²) < 4.78 is 1.63. The fraction of sp³-hybridized carbons (Fsp3) is 0.130. The van der Waals surface area contributed by atoms with Crippen molar-refractivity contribution < 1.29 is 0 Å². The van der Waals surface area contributed by atoms with Crippen molar-refractivity contribution >= 4 is 34.1 Å². The lowest BCUT2D eigenvalue weighted by atomic mass is 10.1. The van der Waals surface area contributed by atoms with E-state index in [2.05, 4.69) is 21.4 Å². The maximum Gasteiger partial charge on any atom is 0.264 e. The first-order valence-electron chi connectivity index (χ1n) is 9.59. The maximum atomic E-state index is 13.5. The van der Waals surface area contributed by atoms with Crippen LogP contribution in [-0.4, -0.2) is 14.5 Å². The number of anilines is 2. The third-order valence-electron chi connectivity index (χ3n) is 5.04. The van der Waals surface area contributed by atoms with Crippen LogP contribution in [0, 0.1) is 18.3 Å². The van der Waals surface area contributed by atoms with E-state index in [9.17, 15) is 10.1 Å². The SMILES string of the molecule is Cc1ccc(-n2c([C@H](C)Nc3nc(N)ncc3C#N)cc3cccc(Cl)c3c2=O)cc1. The molecule has 0 aliphatic heterocycles. The first-order chi connectivity index (χ1) is 14.9. The fourth-order valence-corrected chi connectivity index (χ4v) is 3.75. The van der Waals surface area contributed by atoms with Crippen LogP contribution in [0.5, 0.6) is 0 Å². The number of rotatable bonds is 4. The number of aromatic nitrogens is 3. The molecule has 0 fully saturated rings. The third kappa shape index (κ3) is 3.81. The van der Waals surface area contributed by atoms with Crippen LogP contribution < -0.4 is 16.6 Å². The topological polar surface area (TPSA) is 110 Å². The van der Waals surface area contributed by atoms with Gasteiger partial charge in [-0.1, -0.05) is 41.4 Å². The fourth-order valence-electron chi connectivity index (χ4n) is 3.48. The molecular weight excluding hydrogens is 412 g/mol. The first kappa shape index (κ1) is 20.4. The van der Waals surface area contributed by atoms with Gasteiger partial charge in [0, 0.05) is 11.4 Å². The Labute approximate surface area is 183 Å². The maximum absolute atomic E-state index is 13.5. The van der Waals surface area contributed by atoms with Gasteiger partial charge in [0.1, 0.15) is 17.5 Å². The minimum Gasteiger partial charge on any atom is -0.368 e. The molecule has 4 aromatic rings. The Morgan fingerprint density at radius 1 is 1.23 bits per heavy atom. The number of nitrogens with one attached hydrogen (secondary N) is 1. The highest BCUT2D eigenvalue weighted by Gasteiger charge is 2.19. The molecular formula is C23H19ClN6O. The van der Waals surface area contributed by atoms with Gasteiger partial charge < -0.3 is 11.1 Å². The van der Waals surface area contributed by atoms with E-state index in [0.717, 1.165) is 10.9 Å². The van der Waals surface area contributed by atoms with Gasteiger partial charge in [-0.25, -0.2) is 4.98 Å². The molecule has 0 bridgehead atoms. The average Bonchev–Trinajstić information content (AvgIpc) is 2.74. The Morgan fingerprint density at radius 2 is 1.97 bits per heavy atom. The normalized spacial score (nSPS) is 11.8. The van der Waals surface area contributed by atoms with E-state index in [1.165, 1.54) is 6.20 Å². The predicted octanol–water partition coefficient (Wildman–Crippen LogP) is 4.37. The van der Waals surface area contributed by atoms with E-state index in [4.69, 9.17) is 17.3 Å². The van der Waals surface area contributed by atoms with Crippen molar-refractivity contribution in [3.8, 4) is 11.8 Å². The molecule has 0 amide bonds. The number of benzene rings is 2. The van der Waals surface area contributed by atoms with Gasteiger partial charge in [-0.3, -0.25) is 9.36 Å². The second kappa shape index (κ2) is 8.09. The lowest BCUT2D eigenvalue weighted by Gasteiger charge is -2.22. The molecule has 4 rings (SSSR count). The lowest BCUT2D eigenvalue weighted by Crippen LogP contribution is -2.26. The highest BCUT2D eigenvalue weighted by atomic mass is 35.5. The summed E-state index contributed by atoms with van der Waals surface area (Å²) in [4.78, 5) is 21.6. The number of hydrogen-bond acceptors (Lipinski definition) is 6. The van der Waals surface area contributed by atoms with Gasteiger partial charge in [-0.15, -0.1) is 0 Å². The van der Waals surface area contributed by atoms with Gasteiger partial charge in [-0.2, -0.15) is 10.2 Å². The number of fused-ring (bicyclic) bond motifs is 1. The summed E-state index contributed by atoms with van der Waals surface area (Å²) in [5.74, 6) is 0.353. The summed E-state index contributed by atoms with van der Waals surface area (Å²) in [6.07, 6.45) is 1.37. The van der Waals surface area contributed by atoms with Crippen LogP contribution in [0.3, 0.4) is 0 Å². The number of nitrogens with two attached hydrogens (primary N) is 1. The molecule has 0 aliphatic rings. The molecule has 31 heavy (non-hydrogen) atoms. The standard InChI is InChI=1S/C23H19ClN6O/c1-13-6-8-17(9-7-13)30-19(10-15-4-3-5-18(24)20(15)22(30)31)14(2)28-21-16(11-25)12-27-23(26)29-21/h3-10,12,14H,1-2H3,(H3,26,27,28,29)/t14-/m0/s1. The van der Waals surface area contributed by atoms with Crippen LogP contribution in [0.4, 0.5) is 11.8 Å². The van der Waals surface area contributed by atoms with Gasteiger partial charge in [0.15, 0.2) is 0 Å². The largest absolute Gasteiger partial charge is 0.368 e. The highest BCUT2D eigenvalue weighted by molar-refractivity contribution is 6.35. The molecule has 0 radical (unpaired) electrons. The molecule has 0 spiro atoms. The number of nitriles is 1. The minimum absolute atomic E-state index is 0.0509. The van der Waals surface area contributed by atoms with E-state index >= 15 is 0 Å².